The molecule has 0 bridgehead atoms. The van der Waals surface area contributed by atoms with Crippen LogP contribution < -0.4 is 0 Å². The first-order chi connectivity index (χ1) is 9.88. The Balaban J connectivity index is 2.16. The van der Waals surface area contributed by atoms with Crippen molar-refractivity contribution in [2.24, 2.45) is 0 Å². The Kier molecular flexibility index (Phi) is 3.33. The standard InChI is InChI=1S/C17H12N2O/c20-12-16-2-1-15(13-3-7-18-8-4-13)11-17(16)14-5-9-19-10-6-14/h1-12H. The molecule has 0 aliphatic carbocycles. The predicted molar refractivity (Wildman–Crippen MR) is 78.3 cm³/mol. The predicted octanol–water partition coefficient (Wildman–Crippen LogP) is 3.62. The summed E-state index contributed by atoms with van der Waals surface area (Å²) in [5, 5.41) is 0. The quantitative estimate of drug-likeness (QED) is 0.675. The molecular weight excluding hydrogens is 248 g/mol. The molecule has 0 N–H and O–H groups in total. The van der Waals surface area contributed by atoms with Gasteiger partial charge in [-0.05, 0) is 52.6 Å². The summed E-state index contributed by atoms with van der Waals surface area (Å²) in [7, 11) is 0. The Labute approximate surface area is 117 Å². The molecule has 2 heterocycles. The van der Waals surface area contributed by atoms with Crippen molar-refractivity contribution in [3.05, 3.63) is 72.8 Å². The second-order valence-corrected chi connectivity index (χ2v) is 4.39. The minimum absolute atomic E-state index is 0.675. The van der Waals surface area contributed by atoms with Crippen LogP contribution in [0.4, 0.5) is 0 Å². The molecule has 3 heteroatoms. The molecule has 96 valence electrons. The third-order valence-corrected chi connectivity index (χ3v) is 3.19. The van der Waals surface area contributed by atoms with Crippen LogP contribution in [-0.4, -0.2) is 16.3 Å². The normalized spacial score (nSPS) is 10.2. The maximum atomic E-state index is 11.2. The highest BCUT2D eigenvalue weighted by Gasteiger charge is 2.07. The van der Waals surface area contributed by atoms with Crippen molar-refractivity contribution in [1.82, 2.24) is 9.97 Å². The SMILES string of the molecule is O=Cc1ccc(-c2ccncc2)cc1-c1ccncc1. The van der Waals surface area contributed by atoms with E-state index in [1.54, 1.807) is 24.8 Å². The lowest BCUT2D eigenvalue weighted by Gasteiger charge is -2.08. The van der Waals surface area contributed by atoms with E-state index in [4.69, 9.17) is 0 Å². The maximum absolute atomic E-state index is 11.2. The molecule has 3 rings (SSSR count). The van der Waals surface area contributed by atoms with E-state index >= 15 is 0 Å². The van der Waals surface area contributed by atoms with Crippen molar-refractivity contribution < 1.29 is 4.79 Å². The van der Waals surface area contributed by atoms with Gasteiger partial charge in [-0.25, -0.2) is 0 Å². The van der Waals surface area contributed by atoms with Gasteiger partial charge in [0.25, 0.3) is 0 Å². The topological polar surface area (TPSA) is 42.9 Å². The van der Waals surface area contributed by atoms with E-state index in [0.717, 1.165) is 28.5 Å². The number of carbonyl (C=O) groups excluding carboxylic acids is 1. The number of carbonyl (C=O) groups is 1. The Morgan fingerprint density at radius 1 is 0.700 bits per heavy atom. The van der Waals surface area contributed by atoms with Crippen molar-refractivity contribution in [3.8, 4) is 22.3 Å². The lowest BCUT2D eigenvalue weighted by molar-refractivity contribution is 0.112. The summed E-state index contributed by atoms with van der Waals surface area (Å²) in [6.07, 6.45) is 7.85. The molecule has 0 saturated carbocycles. The monoisotopic (exact) mass is 260 g/mol. The number of nitrogens with zero attached hydrogens (tertiary/aromatic N) is 2. The molecule has 0 spiro atoms. The van der Waals surface area contributed by atoms with Gasteiger partial charge in [-0.3, -0.25) is 14.8 Å². The van der Waals surface area contributed by atoms with Crippen LogP contribution in [0.15, 0.2) is 67.3 Å². The average Bonchev–Trinajstić information content (AvgIpc) is 2.56. The molecule has 0 atom stereocenters. The van der Waals surface area contributed by atoms with Crippen molar-refractivity contribution >= 4 is 6.29 Å². The van der Waals surface area contributed by atoms with Crippen molar-refractivity contribution in [1.29, 1.82) is 0 Å². The highest BCUT2D eigenvalue weighted by atomic mass is 16.1. The molecule has 20 heavy (non-hydrogen) atoms. The molecule has 3 nitrogen and oxygen atoms in total. The third kappa shape index (κ3) is 2.34. The van der Waals surface area contributed by atoms with Crippen LogP contribution in [0.25, 0.3) is 22.3 Å². The van der Waals surface area contributed by atoms with E-state index in [0.29, 0.717) is 5.56 Å². The number of hydrogen-bond donors (Lipinski definition) is 0. The zero-order chi connectivity index (χ0) is 13.8. The van der Waals surface area contributed by atoms with Gasteiger partial charge < -0.3 is 0 Å². The van der Waals surface area contributed by atoms with Gasteiger partial charge in [0.1, 0.15) is 0 Å². The van der Waals surface area contributed by atoms with Crippen LogP contribution in [0.5, 0.6) is 0 Å². The van der Waals surface area contributed by atoms with Gasteiger partial charge in [0, 0.05) is 30.4 Å². The summed E-state index contributed by atoms with van der Waals surface area (Å²) in [6.45, 7) is 0. The largest absolute Gasteiger partial charge is 0.298 e. The summed E-state index contributed by atoms with van der Waals surface area (Å²) in [6, 6.07) is 13.5. The fraction of sp³-hybridized carbons (Fsp3) is 0. The number of benzene rings is 1. The van der Waals surface area contributed by atoms with E-state index in [1.165, 1.54) is 0 Å². The van der Waals surface area contributed by atoms with E-state index in [1.807, 2.05) is 42.5 Å². The van der Waals surface area contributed by atoms with Gasteiger partial charge in [0.2, 0.25) is 0 Å². The lowest BCUT2D eigenvalue weighted by Crippen LogP contribution is -1.89. The average molecular weight is 260 g/mol. The molecule has 2 aromatic heterocycles. The molecule has 0 unspecified atom stereocenters. The second kappa shape index (κ2) is 5.45. The van der Waals surface area contributed by atoms with Crippen molar-refractivity contribution in [2.45, 2.75) is 0 Å². The third-order valence-electron chi connectivity index (χ3n) is 3.19. The van der Waals surface area contributed by atoms with Crippen LogP contribution in [0.1, 0.15) is 10.4 Å². The van der Waals surface area contributed by atoms with Crippen LogP contribution in [0.2, 0.25) is 0 Å². The van der Waals surface area contributed by atoms with Gasteiger partial charge in [-0.15, -0.1) is 0 Å². The first-order valence-electron chi connectivity index (χ1n) is 6.28. The van der Waals surface area contributed by atoms with Gasteiger partial charge in [-0.2, -0.15) is 0 Å². The molecule has 0 radical (unpaired) electrons. The highest BCUT2D eigenvalue weighted by Crippen LogP contribution is 2.28. The minimum atomic E-state index is 0.675. The van der Waals surface area contributed by atoms with Crippen LogP contribution in [0, 0.1) is 0 Å². The molecule has 0 fully saturated rings. The van der Waals surface area contributed by atoms with Crippen LogP contribution in [-0.2, 0) is 0 Å². The molecular formula is C17H12N2O. The lowest BCUT2D eigenvalue weighted by atomic mass is 9.96. The number of pyridine rings is 2. The highest BCUT2D eigenvalue weighted by molar-refractivity contribution is 5.89. The number of aldehydes is 1. The fourth-order valence-corrected chi connectivity index (χ4v) is 2.16. The Morgan fingerprint density at radius 3 is 1.90 bits per heavy atom. The van der Waals surface area contributed by atoms with Crippen LogP contribution >= 0.6 is 0 Å². The number of rotatable bonds is 3. The molecule has 0 aliphatic heterocycles. The zero-order valence-corrected chi connectivity index (χ0v) is 10.7. The Hall–Kier alpha value is -2.81. The van der Waals surface area contributed by atoms with E-state index in [2.05, 4.69) is 9.97 Å². The first kappa shape index (κ1) is 12.2. The van der Waals surface area contributed by atoms with Crippen LogP contribution in [0.3, 0.4) is 0 Å². The van der Waals surface area contributed by atoms with Gasteiger partial charge >= 0.3 is 0 Å². The number of aromatic nitrogens is 2. The second-order valence-electron chi connectivity index (χ2n) is 4.39. The van der Waals surface area contributed by atoms with E-state index in [-0.39, 0.29) is 0 Å². The summed E-state index contributed by atoms with van der Waals surface area (Å²) >= 11 is 0. The smallest absolute Gasteiger partial charge is 0.150 e. The molecule has 0 aliphatic rings. The Morgan fingerprint density at radius 2 is 1.30 bits per heavy atom. The fourth-order valence-electron chi connectivity index (χ4n) is 2.16. The molecule has 3 aromatic rings. The first-order valence-corrected chi connectivity index (χ1v) is 6.28. The number of hydrogen-bond acceptors (Lipinski definition) is 3. The van der Waals surface area contributed by atoms with Gasteiger partial charge in [-0.1, -0.05) is 12.1 Å². The van der Waals surface area contributed by atoms with Crippen molar-refractivity contribution in [3.63, 3.8) is 0 Å². The van der Waals surface area contributed by atoms with Gasteiger partial charge in [0.15, 0.2) is 6.29 Å². The Bertz CT molecular complexity index is 724. The summed E-state index contributed by atoms with van der Waals surface area (Å²) < 4.78 is 0. The zero-order valence-electron chi connectivity index (χ0n) is 10.7. The molecule has 0 saturated heterocycles. The minimum Gasteiger partial charge on any atom is -0.298 e. The molecule has 0 amide bonds. The molecule has 1 aromatic carbocycles. The summed E-state index contributed by atoms with van der Waals surface area (Å²) in [4.78, 5) is 19.3. The summed E-state index contributed by atoms with van der Waals surface area (Å²) in [5.41, 5.74) is 4.71. The van der Waals surface area contributed by atoms with E-state index < -0.39 is 0 Å². The maximum Gasteiger partial charge on any atom is 0.150 e. The van der Waals surface area contributed by atoms with E-state index in [9.17, 15) is 4.79 Å². The van der Waals surface area contributed by atoms with Crippen molar-refractivity contribution in [2.75, 3.05) is 0 Å². The summed E-state index contributed by atoms with van der Waals surface area (Å²) in [5.74, 6) is 0. The van der Waals surface area contributed by atoms with Gasteiger partial charge in [0.05, 0.1) is 0 Å².